The molecule has 0 aromatic heterocycles. The third kappa shape index (κ3) is 7.75. The van der Waals surface area contributed by atoms with Crippen molar-refractivity contribution in [2.75, 3.05) is 38.6 Å². The first-order valence-electron chi connectivity index (χ1n) is 11.9. The number of rotatable bonds is 9. The number of urea groups is 1. The van der Waals surface area contributed by atoms with Crippen molar-refractivity contribution < 1.29 is 37.4 Å². The maximum absolute atomic E-state index is 13.2. The third-order valence-corrected chi connectivity index (χ3v) is 5.87. The molecule has 10 nitrogen and oxygen atoms in total. The fraction of sp³-hybridized carbons (Fsp3) is 0.400. The summed E-state index contributed by atoms with van der Waals surface area (Å²) < 4.78 is 44.6. The number of halogens is 3. The molecule has 1 heterocycles. The molecule has 4 amide bonds. The Morgan fingerprint density at radius 3 is 2.55 bits per heavy atom. The Hall–Kier alpha value is -4.00. The fourth-order valence-electron chi connectivity index (χ4n) is 4.07. The first kappa shape index (κ1) is 28.6. The number of phenolic OH excluding ortho intramolecular Hbond substituents is 1. The monoisotopic (exact) mass is 537 g/mol. The van der Waals surface area contributed by atoms with E-state index < -0.39 is 41.7 Å². The molecule has 1 fully saturated rings. The van der Waals surface area contributed by atoms with Gasteiger partial charge in [-0.15, -0.1) is 0 Å². The van der Waals surface area contributed by atoms with Crippen LogP contribution in [0.1, 0.15) is 34.8 Å². The number of anilines is 1. The molecule has 1 saturated heterocycles. The van der Waals surface area contributed by atoms with Crippen molar-refractivity contribution in [2.24, 2.45) is 0 Å². The second-order valence-electron chi connectivity index (χ2n) is 8.72. The van der Waals surface area contributed by atoms with E-state index >= 15 is 0 Å². The number of hydrogen-bond acceptors (Lipinski definition) is 6. The van der Waals surface area contributed by atoms with Crippen LogP contribution in [-0.4, -0.2) is 67.2 Å². The van der Waals surface area contributed by atoms with Gasteiger partial charge in [-0.2, -0.15) is 13.2 Å². The van der Waals surface area contributed by atoms with Crippen molar-refractivity contribution in [1.29, 1.82) is 0 Å². The molecule has 0 spiro atoms. The van der Waals surface area contributed by atoms with E-state index in [0.29, 0.717) is 37.9 Å². The zero-order valence-corrected chi connectivity index (χ0v) is 20.9. The summed E-state index contributed by atoms with van der Waals surface area (Å²) in [6.45, 7) is 3.27. The average molecular weight is 538 g/mol. The highest BCUT2D eigenvalue weighted by Gasteiger charge is 2.32. The number of phenols is 1. The van der Waals surface area contributed by atoms with E-state index in [2.05, 4.69) is 26.2 Å². The Kier molecular flexibility index (Phi) is 9.40. The topological polar surface area (TPSA) is 132 Å². The minimum atomic E-state index is -4.70. The largest absolute Gasteiger partial charge is 0.504 e. The number of nitrogens with one attached hydrogen (secondary N) is 4. The lowest BCUT2D eigenvalue weighted by molar-refractivity contribution is -0.137. The number of benzene rings is 2. The summed E-state index contributed by atoms with van der Waals surface area (Å²) in [5.74, 6) is -1.03. The van der Waals surface area contributed by atoms with E-state index in [4.69, 9.17) is 4.74 Å². The number of methoxy groups -OCH3 is 1. The maximum Gasteiger partial charge on any atom is 0.416 e. The highest BCUT2D eigenvalue weighted by atomic mass is 19.4. The molecule has 1 aliphatic rings. The van der Waals surface area contributed by atoms with E-state index in [-0.39, 0.29) is 24.0 Å². The lowest BCUT2D eigenvalue weighted by Gasteiger charge is -2.18. The van der Waals surface area contributed by atoms with Gasteiger partial charge < -0.3 is 31.1 Å². The maximum atomic E-state index is 13.2. The van der Waals surface area contributed by atoms with Crippen LogP contribution in [0.3, 0.4) is 0 Å². The van der Waals surface area contributed by atoms with E-state index in [1.807, 2.05) is 6.07 Å². The lowest BCUT2D eigenvalue weighted by Crippen LogP contribution is -2.43. The molecule has 0 radical (unpaired) electrons. The van der Waals surface area contributed by atoms with Gasteiger partial charge in [0.25, 0.3) is 5.91 Å². The van der Waals surface area contributed by atoms with Gasteiger partial charge >= 0.3 is 12.2 Å². The zero-order valence-electron chi connectivity index (χ0n) is 20.9. The third-order valence-electron chi connectivity index (χ3n) is 5.87. The van der Waals surface area contributed by atoms with Crippen molar-refractivity contribution in [3.63, 3.8) is 0 Å². The minimum Gasteiger partial charge on any atom is -0.504 e. The Balaban J connectivity index is 1.55. The number of carbonyl (C=O) groups excluding carboxylic acids is 3. The summed E-state index contributed by atoms with van der Waals surface area (Å²) >= 11 is 0. The molecule has 1 aliphatic heterocycles. The number of aromatic hydroxyl groups is 1. The Bertz CT molecular complexity index is 1170. The quantitative estimate of drug-likeness (QED) is 0.334. The number of nitrogens with zero attached hydrogens (tertiary/aromatic N) is 1. The Morgan fingerprint density at radius 1 is 1.13 bits per heavy atom. The van der Waals surface area contributed by atoms with Gasteiger partial charge in [-0.1, -0.05) is 6.07 Å². The van der Waals surface area contributed by atoms with Crippen LogP contribution in [0.5, 0.6) is 11.5 Å². The van der Waals surface area contributed by atoms with Crippen LogP contribution in [0.25, 0.3) is 0 Å². The molecule has 3 rings (SSSR count). The van der Waals surface area contributed by atoms with Crippen molar-refractivity contribution >= 4 is 23.5 Å². The molecule has 2 aromatic carbocycles. The van der Waals surface area contributed by atoms with E-state index in [9.17, 15) is 32.7 Å². The Labute approximate surface area is 217 Å². The van der Waals surface area contributed by atoms with Crippen LogP contribution in [0.4, 0.5) is 23.7 Å². The molecule has 0 aliphatic carbocycles. The van der Waals surface area contributed by atoms with Gasteiger partial charge in [0.15, 0.2) is 11.5 Å². The van der Waals surface area contributed by atoms with Gasteiger partial charge in [-0.05, 0) is 49.2 Å². The standard InChI is InChI=1S/C25H30F3N5O5/c1-3-29-24(37)32-19-6-5-16(25(26,27)28)11-18(19)23(36)30-12-22(35)31-17-8-9-33(14-17)13-15-4-7-21(38-2)20(34)10-15/h4-7,10-11,17,34H,3,8-9,12-14H2,1-2H3,(H,30,36)(H,31,35)(H2,29,32,37)/t17-/m1/s1. The van der Waals surface area contributed by atoms with Crippen LogP contribution in [0.2, 0.25) is 0 Å². The van der Waals surface area contributed by atoms with Gasteiger partial charge in [0.05, 0.1) is 30.5 Å². The SMILES string of the molecule is CCNC(=O)Nc1ccc(C(F)(F)F)cc1C(=O)NCC(=O)N[C@@H]1CCN(Cc2ccc(OC)c(O)c2)C1. The van der Waals surface area contributed by atoms with Gasteiger partial charge in [0.2, 0.25) is 5.91 Å². The summed E-state index contributed by atoms with van der Waals surface area (Å²) in [6, 6.07) is 6.62. The highest BCUT2D eigenvalue weighted by Crippen LogP contribution is 2.32. The summed E-state index contributed by atoms with van der Waals surface area (Å²) in [4.78, 5) is 39.1. The van der Waals surface area contributed by atoms with Gasteiger partial charge in [-0.25, -0.2) is 4.79 Å². The number of carbonyl (C=O) groups is 3. The van der Waals surface area contributed by atoms with Crippen LogP contribution >= 0.6 is 0 Å². The van der Waals surface area contributed by atoms with Crippen LogP contribution in [-0.2, 0) is 17.5 Å². The number of likely N-dealkylation sites (tertiary alicyclic amines) is 1. The molecule has 38 heavy (non-hydrogen) atoms. The Morgan fingerprint density at radius 2 is 1.89 bits per heavy atom. The number of hydrogen-bond donors (Lipinski definition) is 5. The second kappa shape index (κ2) is 12.5. The number of alkyl halides is 3. The van der Waals surface area contributed by atoms with E-state index in [1.165, 1.54) is 7.11 Å². The van der Waals surface area contributed by atoms with Gasteiger partial charge in [0.1, 0.15) is 0 Å². The number of amides is 4. The predicted octanol–water partition coefficient (Wildman–Crippen LogP) is 2.68. The van der Waals surface area contributed by atoms with E-state index in [1.54, 1.807) is 19.1 Å². The number of ether oxygens (including phenoxy) is 1. The van der Waals surface area contributed by atoms with E-state index in [0.717, 1.165) is 17.7 Å². The zero-order chi connectivity index (χ0) is 27.9. The van der Waals surface area contributed by atoms with Crippen molar-refractivity contribution in [3.05, 3.63) is 53.1 Å². The summed E-state index contributed by atoms with van der Waals surface area (Å²) in [5, 5.41) is 19.9. The smallest absolute Gasteiger partial charge is 0.416 e. The minimum absolute atomic E-state index is 0.0370. The molecule has 206 valence electrons. The average Bonchev–Trinajstić information content (AvgIpc) is 3.28. The van der Waals surface area contributed by atoms with Gasteiger partial charge in [-0.3, -0.25) is 14.5 Å². The van der Waals surface area contributed by atoms with Crippen molar-refractivity contribution in [2.45, 2.75) is 32.1 Å². The fourth-order valence-corrected chi connectivity index (χ4v) is 4.07. The summed E-state index contributed by atoms with van der Waals surface area (Å²) in [7, 11) is 1.46. The van der Waals surface area contributed by atoms with Crippen molar-refractivity contribution in [3.8, 4) is 11.5 Å². The highest BCUT2D eigenvalue weighted by molar-refractivity contribution is 6.04. The first-order chi connectivity index (χ1) is 18.0. The molecule has 5 N–H and O–H groups in total. The summed E-state index contributed by atoms with van der Waals surface area (Å²) in [6.07, 6.45) is -4.04. The molecule has 0 unspecified atom stereocenters. The molecule has 13 heteroatoms. The molecule has 0 saturated carbocycles. The first-order valence-corrected chi connectivity index (χ1v) is 11.9. The molecule has 2 aromatic rings. The lowest BCUT2D eigenvalue weighted by atomic mass is 10.1. The molecular formula is C25H30F3N5O5. The normalized spacial score (nSPS) is 15.6. The van der Waals surface area contributed by atoms with Gasteiger partial charge in [0, 0.05) is 32.2 Å². The molecule has 1 atom stereocenters. The predicted molar refractivity (Wildman–Crippen MR) is 133 cm³/mol. The van der Waals surface area contributed by atoms with Crippen LogP contribution in [0, 0.1) is 0 Å². The summed E-state index contributed by atoms with van der Waals surface area (Å²) in [5.41, 5.74) is -0.739. The van der Waals surface area contributed by atoms with Crippen LogP contribution in [0.15, 0.2) is 36.4 Å². The van der Waals surface area contributed by atoms with Crippen molar-refractivity contribution in [1.82, 2.24) is 20.9 Å². The molecule has 0 bridgehead atoms. The second-order valence-corrected chi connectivity index (χ2v) is 8.72. The van der Waals surface area contributed by atoms with Crippen LogP contribution < -0.4 is 26.0 Å². The molecular weight excluding hydrogens is 507 g/mol.